The Hall–Kier alpha value is -5.34. The monoisotopic (exact) mass is 566 g/mol. The maximum absolute atomic E-state index is 2.49. The molecule has 0 spiro atoms. The molecule has 0 N–H and O–H groups in total. The molecule has 0 radical (unpaired) electrons. The Balaban J connectivity index is 1.34. The minimum atomic E-state index is 0.995. The van der Waals surface area contributed by atoms with Gasteiger partial charge in [-0.15, -0.1) is 0 Å². The third-order valence-corrected chi connectivity index (χ3v) is 9.13. The lowest BCUT2D eigenvalue weighted by Crippen LogP contribution is -2.07. The summed E-state index contributed by atoms with van der Waals surface area (Å²) in [4.78, 5) is 0. The number of aromatic nitrogens is 2. The van der Waals surface area contributed by atoms with E-state index in [2.05, 4.69) is 169 Å². The Morgan fingerprint density at radius 2 is 1.27 bits per heavy atom. The number of para-hydroxylation sites is 3. The zero-order valence-corrected chi connectivity index (χ0v) is 25.2. The van der Waals surface area contributed by atoms with Crippen LogP contribution in [0.2, 0.25) is 0 Å². The zero-order valence-electron chi connectivity index (χ0n) is 25.2. The van der Waals surface area contributed by atoms with E-state index < -0.39 is 0 Å². The number of aryl methyl sites for hydroxylation is 1. The van der Waals surface area contributed by atoms with Gasteiger partial charge >= 0.3 is 0 Å². The number of allylic oxidation sites excluding steroid dienone is 5. The average molecular weight is 567 g/mol. The summed E-state index contributed by atoms with van der Waals surface area (Å²) in [6, 6.07) is 44.3. The van der Waals surface area contributed by atoms with Crippen molar-refractivity contribution < 1.29 is 0 Å². The summed E-state index contributed by atoms with van der Waals surface area (Å²) >= 11 is 0. The first-order valence-corrected chi connectivity index (χ1v) is 15.5. The quantitative estimate of drug-likeness (QED) is 0.183. The van der Waals surface area contributed by atoms with E-state index in [-0.39, 0.29) is 0 Å². The van der Waals surface area contributed by atoms with Crippen LogP contribution in [0.25, 0.3) is 66.9 Å². The van der Waals surface area contributed by atoms with Gasteiger partial charge in [-0.05, 0) is 90.9 Å². The molecule has 1 aliphatic carbocycles. The summed E-state index contributed by atoms with van der Waals surface area (Å²) in [7, 11) is 0. The number of benzene rings is 5. The fourth-order valence-corrected chi connectivity index (χ4v) is 7.13. The molecular formula is C42H34N2. The summed E-state index contributed by atoms with van der Waals surface area (Å²) in [6.07, 6.45) is 10.8. The number of fused-ring (bicyclic) bond motifs is 6. The third kappa shape index (κ3) is 4.18. The highest BCUT2D eigenvalue weighted by atomic mass is 15.0. The van der Waals surface area contributed by atoms with E-state index in [1.165, 1.54) is 77.6 Å². The van der Waals surface area contributed by atoms with Crippen molar-refractivity contribution in [3.63, 3.8) is 0 Å². The molecule has 0 atom stereocenters. The number of hydrogen-bond acceptors (Lipinski definition) is 0. The molecule has 212 valence electrons. The summed E-state index contributed by atoms with van der Waals surface area (Å²) in [5, 5.41) is 3.96. The SMILES string of the molecule is C/C=C\C=C(/C)c1ccccc1-c1cccc(-n2c3c(c4ccccc42)CCC(n2c4ccccc4c4ccccc42)=C3)c1. The van der Waals surface area contributed by atoms with E-state index in [0.29, 0.717) is 0 Å². The van der Waals surface area contributed by atoms with Crippen LogP contribution in [0.15, 0.2) is 140 Å². The van der Waals surface area contributed by atoms with Crippen LogP contribution >= 0.6 is 0 Å². The van der Waals surface area contributed by atoms with Crippen molar-refractivity contribution in [3.8, 4) is 16.8 Å². The van der Waals surface area contributed by atoms with Gasteiger partial charge in [0.05, 0.1) is 22.2 Å². The fourth-order valence-electron chi connectivity index (χ4n) is 7.13. The second-order valence-electron chi connectivity index (χ2n) is 11.7. The van der Waals surface area contributed by atoms with Crippen LogP contribution in [-0.2, 0) is 6.42 Å². The first kappa shape index (κ1) is 26.3. The molecule has 0 amide bonds. The first-order valence-electron chi connectivity index (χ1n) is 15.5. The van der Waals surface area contributed by atoms with Crippen LogP contribution in [0.4, 0.5) is 0 Å². The number of hydrogen-bond donors (Lipinski definition) is 0. The van der Waals surface area contributed by atoms with Crippen LogP contribution < -0.4 is 0 Å². The van der Waals surface area contributed by atoms with E-state index in [9.17, 15) is 0 Å². The van der Waals surface area contributed by atoms with Crippen molar-refractivity contribution >= 4 is 50.1 Å². The molecule has 0 saturated heterocycles. The van der Waals surface area contributed by atoms with Gasteiger partial charge < -0.3 is 9.13 Å². The fraction of sp³-hybridized carbons (Fsp3) is 0.0952. The van der Waals surface area contributed by atoms with E-state index in [0.717, 1.165) is 12.8 Å². The number of rotatable bonds is 5. The lowest BCUT2D eigenvalue weighted by atomic mass is 9.94. The molecule has 0 unspecified atom stereocenters. The number of nitrogens with zero attached hydrogens (tertiary/aromatic N) is 2. The largest absolute Gasteiger partial charge is 0.313 e. The van der Waals surface area contributed by atoms with Gasteiger partial charge in [0, 0.05) is 27.5 Å². The van der Waals surface area contributed by atoms with E-state index in [1.54, 1.807) is 0 Å². The third-order valence-electron chi connectivity index (χ3n) is 9.13. The van der Waals surface area contributed by atoms with Gasteiger partial charge in [-0.25, -0.2) is 0 Å². The van der Waals surface area contributed by atoms with E-state index in [1.807, 2.05) is 0 Å². The van der Waals surface area contributed by atoms with Crippen LogP contribution in [0, 0.1) is 0 Å². The van der Waals surface area contributed by atoms with Gasteiger partial charge in [0.15, 0.2) is 0 Å². The van der Waals surface area contributed by atoms with Gasteiger partial charge in [0.1, 0.15) is 0 Å². The van der Waals surface area contributed by atoms with Gasteiger partial charge in [-0.2, -0.15) is 0 Å². The molecule has 2 heterocycles. The molecular weight excluding hydrogens is 532 g/mol. The van der Waals surface area contributed by atoms with Crippen molar-refractivity contribution in [2.75, 3.05) is 0 Å². The van der Waals surface area contributed by atoms with Crippen LogP contribution in [0.1, 0.15) is 37.1 Å². The average Bonchev–Trinajstić information content (AvgIpc) is 3.60. The van der Waals surface area contributed by atoms with Gasteiger partial charge in [0.2, 0.25) is 0 Å². The van der Waals surface area contributed by atoms with Crippen LogP contribution in [0.3, 0.4) is 0 Å². The predicted molar refractivity (Wildman–Crippen MR) is 189 cm³/mol. The highest BCUT2D eigenvalue weighted by Gasteiger charge is 2.23. The molecule has 0 bridgehead atoms. The predicted octanol–water partition coefficient (Wildman–Crippen LogP) is 11.3. The maximum atomic E-state index is 2.49. The minimum Gasteiger partial charge on any atom is -0.313 e. The maximum Gasteiger partial charge on any atom is 0.0537 e. The van der Waals surface area contributed by atoms with Crippen molar-refractivity contribution in [3.05, 3.63) is 156 Å². The molecule has 0 saturated carbocycles. The molecule has 0 fully saturated rings. The van der Waals surface area contributed by atoms with Crippen LogP contribution in [0.5, 0.6) is 0 Å². The Morgan fingerprint density at radius 1 is 0.636 bits per heavy atom. The minimum absolute atomic E-state index is 0.995. The van der Waals surface area contributed by atoms with Crippen molar-refractivity contribution in [2.24, 2.45) is 0 Å². The molecule has 2 aromatic heterocycles. The highest BCUT2D eigenvalue weighted by molar-refractivity contribution is 6.11. The normalized spacial score (nSPS) is 13.7. The molecule has 7 aromatic rings. The van der Waals surface area contributed by atoms with Crippen molar-refractivity contribution in [1.29, 1.82) is 0 Å². The highest BCUT2D eigenvalue weighted by Crippen LogP contribution is 2.41. The van der Waals surface area contributed by atoms with Gasteiger partial charge in [0.25, 0.3) is 0 Å². The van der Waals surface area contributed by atoms with Crippen LogP contribution in [-0.4, -0.2) is 9.13 Å². The Labute approximate surface area is 258 Å². The Morgan fingerprint density at radius 3 is 2.00 bits per heavy atom. The Kier molecular flexibility index (Phi) is 6.42. The molecule has 0 aliphatic heterocycles. The van der Waals surface area contributed by atoms with E-state index in [4.69, 9.17) is 0 Å². The summed E-state index contributed by atoms with van der Waals surface area (Å²) in [5.74, 6) is 0. The first-order chi connectivity index (χ1) is 21.7. The van der Waals surface area contributed by atoms with Gasteiger partial charge in [-0.3, -0.25) is 0 Å². The lowest BCUT2D eigenvalue weighted by Gasteiger charge is -2.20. The standard InChI is InChI=1S/C42H34N2/c1-3-4-14-29(2)33-17-5-6-18-34(33)30-15-13-16-31(27-30)44-41-24-12-9-21-37(41)38-26-25-32(28-42(38)44)43-39-22-10-7-19-35(39)36-20-8-11-23-40(36)43/h3-24,27-28H,25-26H2,1-2H3/b4-3-,29-14+. The van der Waals surface area contributed by atoms with E-state index >= 15 is 0 Å². The molecule has 2 heteroatoms. The summed E-state index contributed by atoms with van der Waals surface area (Å²) < 4.78 is 4.97. The topological polar surface area (TPSA) is 9.86 Å². The van der Waals surface area contributed by atoms with Crippen molar-refractivity contribution in [1.82, 2.24) is 9.13 Å². The molecule has 8 rings (SSSR count). The smallest absolute Gasteiger partial charge is 0.0537 e. The molecule has 2 nitrogen and oxygen atoms in total. The summed E-state index contributed by atoms with van der Waals surface area (Å²) in [5.41, 5.74) is 14.0. The molecule has 1 aliphatic rings. The lowest BCUT2D eigenvalue weighted by molar-refractivity contribution is 0.936. The second-order valence-corrected chi connectivity index (χ2v) is 11.7. The molecule has 44 heavy (non-hydrogen) atoms. The zero-order chi connectivity index (χ0) is 29.6. The van der Waals surface area contributed by atoms with Gasteiger partial charge in [-0.1, -0.05) is 109 Å². The summed E-state index contributed by atoms with van der Waals surface area (Å²) in [6.45, 7) is 4.25. The Bertz CT molecular complexity index is 2250. The molecule has 5 aromatic carbocycles. The van der Waals surface area contributed by atoms with Crippen molar-refractivity contribution in [2.45, 2.75) is 26.7 Å². The second kappa shape index (κ2) is 10.7.